The highest BCUT2D eigenvalue weighted by molar-refractivity contribution is 5.94. The largest absolute Gasteiger partial charge is 0.497 e. The Morgan fingerprint density at radius 3 is 2.80 bits per heavy atom. The molecule has 0 atom stereocenters. The van der Waals surface area contributed by atoms with Crippen LogP contribution in [0.1, 0.15) is 29.9 Å². The molecule has 1 saturated carbocycles. The molecule has 0 unspecified atom stereocenters. The topological polar surface area (TPSA) is 61.5 Å². The second-order valence-electron chi connectivity index (χ2n) is 7.89. The monoisotopic (exact) mass is 406 g/mol. The van der Waals surface area contributed by atoms with Crippen molar-refractivity contribution in [2.75, 3.05) is 25.1 Å². The van der Waals surface area contributed by atoms with Gasteiger partial charge in [-0.1, -0.05) is 6.07 Å². The summed E-state index contributed by atoms with van der Waals surface area (Å²) in [6.45, 7) is 1.56. The third kappa shape index (κ3) is 3.51. The van der Waals surface area contributed by atoms with E-state index in [-0.39, 0.29) is 11.8 Å². The summed E-state index contributed by atoms with van der Waals surface area (Å²) in [5.74, 6) is 0.637. The Morgan fingerprint density at radius 1 is 1.20 bits per heavy atom. The van der Waals surface area contributed by atoms with Crippen molar-refractivity contribution in [1.29, 1.82) is 0 Å². The molecule has 2 amide bonds. The van der Waals surface area contributed by atoms with Crippen molar-refractivity contribution < 1.29 is 13.9 Å². The van der Waals surface area contributed by atoms with Gasteiger partial charge in [-0.05, 0) is 59.7 Å². The number of urea groups is 1. The Morgan fingerprint density at radius 2 is 2.07 bits per heavy atom. The number of amides is 2. The number of benzene rings is 2. The average Bonchev–Trinajstić information content (AvgIpc) is 3.33. The van der Waals surface area contributed by atoms with Gasteiger partial charge in [0.25, 0.3) is 0 Å². The van der Waals surface area contributed by atoms with E-state index in [1.807, 2.05) is 23.4 Å². The average molecular weight is 406 g/mol. The number of nitrogens with one attached hydrogen (secondary N) is 1. The number of rotatable bonds is 6. The summed E-state index contributed by atoms with van der Waals surface area (Å²) in [6, 6.07) is 10.7. The summed E-state index contributed by atoms with van der Waals surface area (Å²) in [5.41, 5.74) is 5.14. The lowest BCUT2D eigenvalue weighted by molar-refractivity contribution is 0.218. The molecule has 3 aromatic rings. The number of aromatic amines is 1. The van der Waals surface area contributed by atoms with E-state index in [0.29, 0.717) is 31.3 Å². The van der Waals surface area contributed by atoms with Gasteiger partial charge in [-0.3, -0.25) is 10.00 Å². The Kier molecular flexibility index (Phi) is 4.65. The van der Waals surface area contributed by atoms with E-state index in [0.717, 1.165) is 16.8 Å². The maximum absolute atomic E-state index is 13.8. The molecule has 5 rings (SSSR count). The van der Waals surface area contributed by atoms with Gasteiger partial charge in [0.05, 0.1) is 13.3 Å². The highest BCUT2D eigenvalue weighted by atomic mass is 19.1. The van der Waals surface area contributed by atoms with Crippen LogP contribution in [0.2, 0.25) is 0 Å². The maximum atomic E-state index is 13.8. The zero-order chi connectivity index (χ0) is 20.7. The summed E-state index contributed by atoms with van der Waals surface area (Å²) in [5, 5.41) is 6.94. The van der Waals surface area contributed by atoms with E-state index in [1.165, 1.54) is 43.2 Å². The normalized spacial score (nSPS) is 16.4. The number of hydrogen-bond donors (Lipinski definition) is 1. The van der Waals surface area contributed by atoms with Crippen LogP contribution < -0.4 is 9.64 Å². The Hall–Kier alpha value is -3.35. The third-order valence-electron chi connectivity index (χ3n) is 5.81. The van der Waals surface area contributed by atoms with Crippen LogP contribution in [-0.2, 0) is 6.54 Å². The molecule has 1 aromatic heterocycles. The summed E-state index contributed by atoms with van der Waals surface area (Å²) in [4.78, 5) is 16.6. The first-order chi connectivity index (χ1) is 14.6. The molecule has 2 aliphatic rings. The third-order valence-corrected chi connectivity index (χ3v) is 5.81. The number of ether oxygens (including phenoxy) is 1. The SMILES string of the molecule is COc1cc(F)cc(CN2CCN(c3ccc(-c4cn[nH]c4)c(C4CC4)c3)C2=O)c1. The maximum Gasteiger partial charge on any atom is 0.324 e. The first kappa shape index (κ1) is 18.7. The molecule has 7 heteroatoms. The van der Waals surface area contributed by atoms with Gasteiger partial charge < -0.3 is 9.64 Å². The number of anilines is 1. The van der Waals surface area contributed by atoms with Crippen molar-refractivity contribution in [1.82, 2.24) is 15.1 Å². The summed E-state index contributed by atoms with van der Waals surface area (Å²) in [7, 11) is 1.51. The number of nitrogens with zero attached hydrogens (tertiary/aromatic N) is 3. The second-order valence-corrected chi connectivity index (χ2v) is 7.89. The predicted molar refractivity (Wildman–Crippen MR) is 112 cm³/mol. The van der Waals surface area contributed by atoms with Gasteiger partial charge in [0.1, 0.15) is 11.6 Å². The fourth-order valence-corrected chi connectivity index (χ4v) is 4.13. The number of methoxy groups -OCH3 is 1. The van der Waals surface area contributed by atoms with Gasteiger partial charge in [-0.15, -0.1) is 0 Å². The molecule has 0 bridgehead atoms. The van der Waals surface area contributed by atoms with E-state index in [2.05, 4.69) is 22.3 Å². The minimum absolute atomic E-state index is 0.0592. The fraction of sp³-hybridized carbons (Fsp3) is 0.304. The van der Waals surface area contributed by atoms with Gasteiger partial charge in [0.2, 0.25) is 0 Å². The molecule has 2 fully saturated rings. The molecule has 154 valence electrons. The zero-order valence-corrected chi connectivity index (χ0v) is 16.8. The molecule has 1 aliphatic carbocycles. The van der Waals surface area contributed by atoms with Crippen molar-refractivity contribution in [3.8, 4) is 16.9 Å². The number of H-pyrrole nitrogens is 1. The van der Waals surface area contributed by atoms with Gasteiger partial charge in [0.15, 0.2) is 0 Å². The standard InChI is InChI=1S/C23H23FN4O2/c1-30-20-9-15(8-18(24)10-20)14-27-6-7-28(23(27)29)19-4-5-21(17-12-25-26-13-17)22(11-19)16-2-3-16/h4-5,8-13,16H,2-3,6-7,14H2,1H3,(H,25,26). The zero-order valence-electron chi connectivity index (χ0n) is 16.8. The van der Waals surface area contributed by atoms with Crippen LogP contribution in [0, 0.1) is 5.82 Å². The van der Waals surface area contributed by atoms with Gasteiger partial charge in [0, 0.05) is 43.1 Å². The quantitative estimate of drug-likeness (QED) is 0.654. The van der Waals surface area contributed by atoms with Crippen LogP contribution in [0.4, 0.5) is 14.9 Å². The van der Waals surface area contributed by atoms with Crippen LogP contribution in [0.5, 0.6) is 5.75 Å². The highest BCUT2D eigenvalue weighted by Crippen LogP contribution is 2.45. The molecule has 2 heterocycles. The lowest BCUT2D eigenvalue weighted by Crippen LogP contribution is -2.31. The molecular formula is C23H23FN4O2. The van der Waals surface area contributed by atoms with Crippen molar-refractivity contribution in [3.63, 3.8) is 0 Å². The van der Waals surface area contributed by atoms with Crippen molar-refractivity contribution in [2.24, 2.45) is 0 Å². The van der Waals surface area contributed by atoms with Crippen LogP contribution in [0.15, 0.2) is 48.8 Å². The summed E-state index contributed by atoms with van der Waals surface area (Å²) >= 11 is 0. The second kappa shape index (κ2) is 7.48. The lowest BCUT2D eigenvalue weighted by atomic mass is 9.98. The molecule has 0 radical (unpaired) electrons. The predicted octanol–water partition coefficient (Wildman–Crippen LogP) is 4.54. The first-order valence-electron chi connectivity index (χ1n) is 10.2. The number of halogens is 1. The Balaban J connectivity index is 1.38. The number of hydrogen-bond acceptors (Lipinski definition) is 3. The summed E-state index contributed by atoms with van der Waals surface area (Å²) < 4.78 is 18.9. The molecule has 6 nitrogen and oxygen atoms in total. The van der Waals surface area contributed by atoms with Crippen molar-refractivity contribution in [2.45, 2.75) is 25.3 Å². The lowest BCUT2D eigenvalue weighted by Gasteiger charge is -2.20. The molecule has 1 N–H and O–H groups in total. The van der Waals surface area contributed by atoms with Gasteiger partial charge >= 0.3 is 6.03 Å². The fourth-order valence-electron chi connectivity index (χ4n) is 4.13. The number of aromatic nitrogens is 2. The number of carbonyl (C=O) groups excluding carboxylic acids is 1. The van der Waals surface area contributed by atoms with E-state index in [4.69, 9.17) is 4.74 Å². The van der Waals surface area contributed by atoms with Crippen LogP contribution >= 0.6 is 0 Å². The summed E-state index contributed by atoms with van der Waals surface area (Å²) in [6.07, 6.45) is 6.08. The Bertz CT molecular complexity index is 1080. The van der Waals surface area contributed by atoms with E-state index >= 15 is 0 Å². The minimum atomic E-state index is -0.364. The van der Waals surface area contributed by atoms with Crippen molar-refractivity contribution in [3.05, 3.63) is 65.7 Å². The van der Waals surface area contributed by atoms with Crippen LogP contribution in [0.25, 0.3) is 11.1 Å². The molecule has 30 heavy (non-hydrogen) atoms. The van der Waals surface area contributed by atoms with Crippen LogP contribution in [0.3, 0.4) is 0 Å². The van der Waals surface area contributed by atoms with Gasteiger partial charge in [-0.2, -0.15) is 5.10 Å². The molecule has 1 saturated heterocycles. The van der Waals surface area contributed by atoms with E-state index < -0.39 is 0 Å². The number of carbonyl (C=O) groups is 1. The highest BCUT2D eigenvalue weighted by Gasteiger charge is 2.32. The molecule has 1 aliphatic heterocycles. The first-order valence-corrected chi connectivity index (χ1v) is 10.2. The molecule has 0 spiro atoms. The van der Waals surface area contributed by atoms with Crippen LogP contribution in [-0.4, -0.2) is 41.3 Å². The smallest absolute Gasteiger partial charge is 0.324 e. The van der Waals surface area contributed by atoms with E-state index in [1.54, 1.807) is 11.0 Å². The minimum Gasteiger partial charge on any atom is -0.497 e. The molecule has 2 aromatic carbocycles. The Labute approximate surface area is 174 Å². The molecular weight excluding hydrogens is 383 g/mol. The van der Waals surface area contributed by atoms with Crippen molar-refractivity contribution >= 4 is 11.7 Å². The van der Waals surface area contributed by atoms with Gasteiger partial charge in [-0.25, -0.2) is 9.18 Å². The van der Waals surface area contributed by atoms with E-state index in [9.17, 15) is 9.18 Å².